The monoisotopic (exact) mass is 397 g/mol. The van der Waals surface area contributed by atoms with Crippen molar-refractivity contribution in [1.82, 2.24) is 0 Å². The molecule has 1 N–H and O–H groups in total. The van der Waals surface area contributed by atoms with E-state index in [9.17, 15) is 4.79 Å². The van der Waals surface area contributed by atoms with Crippen LogP contribution in [0.3, 0.4) is 0 Å². The van der Waals surface area contributed by atoms with Gasteiger partial charge < -0.3 is 5.32 Å². The lowest BCUT2D eigenvalue weighted by atomic mass is 10.1. The quantitative estimate of drug-likeness (QED) is 0.391. The minimum atomic E-state index is -0.236. The fourth-order valence-corrected chi connectivity index (χ4v) is 4.63. The normalized spacial score (nSPS) is 10.8. The third kappa shape index (κ3) is 3.21. The predicted octanol–water partition coefficient (Wildman–Crippen LogP) is 7.13. The van der Waals surface area contributed by atoms with E-state index in [2.05, 4.69) is 5.32 Å². The maximum absolute atomic E-state index is 12.6. The third-order valence-corrected chi connectivity index (χ3v) is 6.02. The van der Waals surface area contributed by atoms with Gasteiger partial charge in [-0.1, -0.05) is 71.7 Å². The molecular formula is C21H13Cl2NOS. The number of halogens is 2. The second-order valence-corrected chi connectivity index (χ2v) is 7.59. The van der Waals surface area contributed by atoms with Crippen LogP contribution < -0.4 is 5.32 Å². The van der Waals surface area contributed by atoms with Gasteiger partial charge in [0.15, 0.2) is 0 Å². The maximum Gasteiger partial charge on any atom is 0.267 e. The van der Waals surface area contributed by atoms with E-state index in [1.54, 1.807) is 6.07 Å². The number of amides is 1. The van der Waals surface area contributed by atoms with Crippen molar-refractivity contribution in [2.75, 3.05) is 5.32 Å². The van der Waals surface area contributed by atoms with E-state index in [4.69, 9.17) is 23.2 Å². The third-order valence-electron chi connectivity index (χ3n) is 4.06. The Bertz CT molecular complexity index is 1090. The first-order valence-electron chi connectivity index (χ1n) is 7.97. The Balaban J connectivity index is 1.59. The Hall–Kier alpha value is -2.33. The molecule has 4 aromatic rings. The molecular weight excluding hydrogens is 385 g/mol. The SMILES string of the molecule is O=C(Nc1ccc(-c2ccccc2)cc1)c1sc2cccc(Cl)c2c1Cl. The summed E-state index contributed by atoms with van der Waals surface area (Å²) in [4.78, 5) is 13.1. The van der Waals surface area contributed by atoms with E-state index >= 15 is 0 Å². The molecule has 26 heavy (non-hydrogen) atoms. The number of thiophene rings is 1. The predicted molar refractivity (Wildman–Crippen MR) is 112 cm³/mol. The molecule has 0 radical (unpaired) electrons. The fourth-order valence-electron chi connectivity index (χ4n) is 2.78. The topological polar surface area (TPSA) is 29.1 Å². The van der Waals surface area contributed by atoms with Gasteiger partial charge in [0.2, 0.25) is 0 Å². The molecule has 0 aliphatic rings. The van der Waals surface area contributed by atoms with Crippen LogP contribution in [0.25, 0.3) is 21.2 Å². The molecule has 1 amide bonds. The summed E-state index contributed by atoms with van der Waals surface area (Å²) in [5, 5.41) is 4.58. The number of nitrogens with one attached hydrogen (secondary N) is 1. The summed E-state index contributed by atoms with van der Waals surface area (Å²) in [6.45, 7) is 0. The number of hydrogen-bond donors (Lipinski definition) is 1. The van der Waals surface area contributed by atoms with E-state index in [0.29, 0.717) is 20.6 Å². The van der Waals surface area contributed by atoms with E-state index in [0.717, 1.165) is 21.2 Å². The van der Waals surface area contributed by atoms with Crippen molar-refractivity contribution in [3.63, 3.8) is 0 Å². The molecule has 0 atom stereocenters. The van der Waals surface area contributed by atoms with E-state index in [-0.39, 0.29) is 5.91 Å². The lowest BCUT2D eigenvalue weighted by Gasteiger charge is -2.06. The second-order valence-electron chi connectivity index (χ2n) is 5.76. The molecule has 128 valence electrons. The molecule has 3 aromatic carbocycles. The number of benzene rings is 3. The zero-order valence-corrected chi connectivity index (χ0v) is 15.8. The number of hydrogen-bond acceptors (Lipinski definition) is 2. The molecule has 5 heteroatoms. The molecule has 0 saturated heterocycles. The maximum atomic E-state index is 12.6. The Labute approximate surface area is 165 Å². The first kappa shape index (κ1) is 17.1. The smallest absolute Gasteiger partial charge is 0.267 e. The van der Waals surface area contributed by atoms with Gasteiger partial charge in [0.1, 0.15) is 4.88 Å². The first-order valence-corrected chi connectivity index (χ1v) is 9.54. The van der Waals surface area contributed by atoms with Gasteiger partial charge >= 0.3 is 0 Å². The van der Waals surface area contributed by atoms with Crippen molar-refractivity contribution >= 4 is 56.2 Å². The highest BCUT2D eigenvalue weighted by atomic mass is 35.5. The lowest BCUT2D eigenvalue weighted by molar-refractivity contribution is 0.103. The number of rotatable bonds is 3. The van der Waals surface area contributed by atoms with Gasteiger partial charge in [0.05, 0.1) is 10.0 Å². The molecule has 0 aliphatic heterocycles. The molecule has 0 fully saturated rings. The summed E-state index contributed by atoms with van der Waals surface area (Å²) < 4.78 is 0.895. The van der Waals surface area contributed by atoms with Crippen LogP contribution in [0.4, 0.5) is 5.69 Å². The summed E-state index contributed by atoms with van der Waals surface area (Å²) >= 11 is 13.9. The molecule has 2 nitrogen and oxygen atoms in total. The van der Waals surface area contributed by atoms with E-state index in [1.165, 1.54) is 11.3 Å². The molecule has 0 spiro atoms. The number of carbonyl (C=O) groups excluding carboxylic acids is 1. The second kappa shape index (κ2) is 7.12. The lowest BCUT2D eigenvalue weighted by Crippen LogP contribution is -2.10. The van der Waals surface area contributed by atoms with Crippen LogP contribution in [0.5, 0.6) is 0 Å². The van der Waals surface area contributed by atoms with Gasteiger partial charge in [-0.3, -0.25) is 4.79 Å². The standard InChI is InChI=1S/C21H13Cl2NOS/c22-16-7-4-8-17-18(16)19(23)20(26-17)21(25)24-15-11-9-14(10-12-15)13-5-2-1-3-6-13/h1-12H,(H,24,25). The van der Waals surface area contributed by atoms with Gasteiger partial charge in [0.25, 0.3) is 5.91 Å². The summed E-state index contributed by atoms with van der Waals surface area (Å²) in [7, 11) is 0. The Kier molecular flexibility index (Phi) is 4.68. The summed E-state index contributed by atoms with van der Waals surface area (Å²) in [6.07, 6.45) is 0. The average Bonchev–Trinajstić information content (AvgIpc) is 3.01. The van der Waals surface area contributed by atoms with Crippen molar-refractivity contribution in [2.24, 2.45) is 0 Å². The number of anilines is 1. The largest absolute Gasteiger partial charge is 0.321 e. The molecule has 0 aliphatic carbocycles. The van der Waals surface area contributed by atoms with Crippen molar-refractivity contribution in [3.05, 3.63) is 87.7 Å². The minimum Gasteiger partial charge on any atom is -0.321 e. The average molecular weight is 398 g/mol. The molecule has 0 saturated carbocycles. The number of carbonyl (C=O) groups is 1. The van der Waals surface area contributed by atoms with E-state index in [1.807, 2.05) is 66.7 Å². The van der Waals surface area contributed by atoms with Crippen molar-refractivity contribution < 1.29 is 4.79 Å². The highest BCUT2D eigenvalue weighted by Gasteiger charge is 2.19. The van der Waals surface area contributed by atoms with Crippen molar-refractivity contribution in [2.45, 2.75) is 0 Å². The van der Waals surface area contributed by atoms with Crippen LogP contribution in [0, 0.1) is 0 Å². The van der Waals surface area contributed by atoms with Crippen LogP contribution in [0.15, 0.2) is 72.8 Å². The van der Waals surface area contributed by atoms with Gasteiger partial charge in [-0.2, -0.15) is 0 Å². The Morgan fingerprint density at radius 1 is 0.808 bits per heavy atom. The Morgan fingerprint density at radius 3 is 2.19 bits per heavy atom. The highest BCUT2D eigenvalue weighted by molar-refractivity contribution is 7.21. The van der Waals surface area contributed by atoms with Crippen molar-refractivity contribution in [1.29, 1.82) is 0 Å². The van der Waals surface area contributed by atoms with Crippen LogP contribution in [-0.4, -0.2) is 5.91 Å². The zero-order chi connectivity index (χ0) is 18.1. The zero-order valence-electron chi connectivity index (χ0n) is 13.5. The van der Waals surface area contributed by atoms with Crippen LogP contribution >= 0.6 is 34.5 Å². The first-order chi connectivity index (χ1) is 12.6. The van der Waals surface area contributed by atoms with Crippen LogP contribution in [0.2, 0.25) is 10.0 Å². The van der Waals surface area contributed by atoms with Gasteiger partial charge in [-0.05, 0) is 35.4 Å². The Morgan fingerprint density at radius 2 is 1.50 bits per heavy atom. The summed E-state index contributed by atoms with van der Waals surface area (Å²) in [5.41, 5.74) is 2.94. The molecule has 4 rings (SSSR count). The molecule has 0 bridgehead atoms. The van der Waals surface area contributed by atoms with Crippen LogP contribution in [0.1, 0.15) is 9.67 Å². The van der Waals surface area contributed by atoms with Gasteiger partial charge in [-0.15, -0.1) is 11.3 Å². The minimum absolute atomic E-state index is 0.236. The molecule has 0 unspecified atom stereocenters. The van der Waals surface area contributed by atoms with Gasteiger partial charge in [-0.25, -0.2) is 0 Å². The summed E-state index contributed by atoms with van der Waals surface area (Å²) in [5.74, 6) is -0.236. The van der Waals surface area contributed by atoms with Gasteiger partial charge in [0, 0.05) is 15.8 Å². The van der Waals surface area contributed by atoms with Crippen LogP contribution in [-0.2, 0) is 0 Å². The molecule has 1 aromatic heterocycles. The van der Waals surface area contributed by atoms with E-state index < -0.39 is 0 Å². The van der Waals surface area contributed by atoms with Crippen molar-refractivity contribution in [3.8, 4) is 11.1 Å². The fraction of sp³-hybridized carbons (Fsp3) is 0. The number of fused-ring (bicyclic) bond motifs is 1. The highest BCUT2D eigenvalue weighted by Crippen LogP contribution is 2.39. The molecule has 1 heterocycles. The summed E-state index contributed by atoms with van der Waals surface area (Å²) in [6, 6.07) is 23.3.